The lowest BCUT2D eigenvalue weighted by molar-refractivity contribution is 0.415. The number of nitrogens with zero attached hydrogens (tertiary/aromatic N) is 1. The van der Waals surface area contributed by atoms with Crippen LogP contribution in [0.1, 0.15) is 16.7 Å². The second kappa shape index (κ2) is 8.76. The number of phenols is 1. The predicted octanol–water partition coefficient (Wildman–Crippen LogP) is 5.42. The number of aromatic hydroxyl groups is 1. The van der Waals surface area contributed by atoms with Crippen LogP contribution in [0.25, 0.3) is 0 Å². The molecule has 3 rings (SSSR count). The van der Waals surface area contributed by atoms with E-state index in [9.17, 15) is 5.11 Å². The van der Waals surface area contributed by atoms with Crippen molar-refractivity contribution in [1.82, 2.24) is 0 Å². The third-order valence-corrected chi connectivity index (χ3v) is 4.91. The maximum Gasteiger partial charge on any atom is 0.178 e. The first kappa shape index (κ1) is 19.7. The van der Waals surface area contributed by atoms with E-state index in [0.29, 0.717) is 11.7 Å². The fourth-order valence-corrected chi connectivity index (χ4v) is 3.19. The van der Waals surface area contributed by atoms with E-state index in [1.165, 1.54) is 0 Å². The number of aryl methyl sites for hydroxylation is 2. The Morgan fingerprint density at radius 1 is 1.04 bits per heavy atom. The molecule has 0 unspecified atom stereocenters. The van der Waals surface area contributed by atoms with Crippen LogP contribution in [0.5, 0.6) is 11.5 Å². The molecule has 0 aliphatic carbocycles. The number of phenolic OH excluding ortho intramolecular Hbond substituents is 1. The molecule has 0 saturated heterocycles. The van der Waals surface area contributed by atoms with E-state index in [0.717, 1.165) is 33.8 Å². The van der Waals surface area contributed by atoms with Crippen molar-refractivity contribution in [3.05, 3.63) is 83.4 Å². The molecule has 3 aromatic carbocycles. The van der Waals surface area contributed by atoms with E-state index in [4.69, 9.17) is 17.0 Å². The quantitative estimate of drug-likeness (QED) is 0.568. The molecule has 3 aromatic rings. The molecule has 0 atom stereocenters. The van der Waals surface area contributed by atoms with Gasteiger partial charge in [0.05, 0.1) is 13.7 Å². The Balaban J connectivity index is 1.93. The molecule has 0 aliphatic rings. The summed E-state index contributed by atoms with van der Waals surface area (Å²) in [6.45, 7) is 4.54. The highest BCUT2D eigenvalue weighted by Gasteiger charge is 2.16. The van der Waals surface area contributed by atoms with Crippen molar-refractivity contribution in [2.45, 2.75) is 20.4 Å². The van der Waals surface area contributed by atoms with Crippen molar-refractivity contribution in [2.24, 2.45) is 0 Å². The van der Waals surface area contributed by atoms with Crippen molar-refractivity contribution in [3.8, 4) is 11.5 Å². The number of anilines is 2. The van der Waals surface area contributed by atoms with E-state index < -0.39 is 0 Å². The third-order valence-electron chi connectivity index (χ3n) is 4.58. The highest BCUT2D eigenvalue weighted by molar-refractivity contribution is 7.80. The lowest BCUT2D eigenvalue weighted by Gasteiger charge is -2.27. The van der Waals surface area contributed by atoms with Gasteiger partial charge in [0, 0.05) is 16.9 Å². The molecule has 0 amide bonds. The number of benzene rings is 3. The molecule has 0 aliphatic heterocycles. The molecule has 5 heteroatoms. The Morgan fingerprint density at radius 3 is 2.43 bits per heavy atom. The summed E-state index contributed by atoms with van der Waals surface area (Å²) in [5.41, 5.74) is 4.95. The first-order chi connectivity index (χ1) is 13.5. The standard InChI is InChI=1S/C23H24N2O2S/c1-16-8-9-17(2)21(14-16)24-23(28)25(15-18-6-4-5-7-22(18)26)19-10-12-20(27-3)13-11-19/h4-14,26H,15H2,1-3H3,(H,24,28). The van der Waals surface area contributed by atoms with Gasteiger partial charge in [-0.1, -0.05) is 30.3 Å². The Bertz CT molecular complexity index is 971. The largest absolute Gasteiger partial charge is 0.508 e. The van der Waals surface area contributed by atoms with Crippen LogP contribution in [0.15, 0.2) is 66.7 Å². The molecule has 28 heavy (non-hydrogen) atoms. The van der Waals surface area contributed by atoms with Gasteiger partial charge in [-0.2, -0.15) is 0 Å². The van der Waals surface area contributed by atoms with E-state index >= 15 is 0 Å². The summed E-state index contributed by atoms with van der Waals surface area (Å²) in [6.07, 6.45) is 0. The average Bonchev–Trinajstić information content (AvgIpc) is 2.70. The van der Waals surface area contributed by atoms with Gasteiger partial charge in [0.2, 0.25) is 0 Å². The van der Waals surface area contributed by atoms with Gasteiger partial charge in [0.25, 0.3) is 0 Å². The number of ether oxygens (including phenoxy) is 1. The maximum atomic E-state index is 10.2. The first-order valence-electron chi connectivity index (χ1n) is 9.04. The predicted molar refractivity (Wildman–Crippen MR) is 119 cm³/mol. The van der Waals surface area contributed by atoms with E-state index in [2.05, 4.69) is 30.4 Å². The minimum atomic E-state index is 0.246. The molecule has 144 valence electrons. The summed E-state index contributed by atoms with van der Waals surface area (Å²) < 4.78 is 5.26. The van der Waals surface area contributed by atoms with E-state index in [-0.39, 0.29) is 5.75 Å². The molecule has 0 saturated carbocycles. The summed E-state index contributed by atoms with van der Waals surface area (Å²) in [6, 6.07) is 21.2. The van der Waals surface area contributed by atoms with Gasteiger partial charge in [-0.15, -0.1) is 0 Å². The number of nitrogens with one attached hydrogen (secondary N) is 1. The van der Waals surface area contributed by atoms with Gasteiger partial charge in [-0.25, -0.2) is 0 Å². The smallest absolute Gasteiger partial charge is 0.178 e. The van der Waals surface area contributed by atoms with Gasteiger partial charge in [0.15, 0.2) is 5.11 Å². The molecule has 0 spiro atoms. The van der Waals surface area contributed by atoms with Gasteiger partial charge in [-0.3, -0.25) is 0 Å². The highest BCUT2D eigenvalue weighted by atomic mass is 32.1. The molecule has 0 bridgehead atoms. The van der Waals surface area contributed by atoms with E-state index in [1.807, 2.05) is 54.3 Å². The molecule has 0 radical (unpaired) electrons. The minimum absolute atomic E-state index is 0.246. The Morgan fingerprint density at radius 2 is 1.75 bits per heavy atom. The van der Waals surface area contributed by atoms with Gasteiger partial charge in [-0.05, 0) is 73.6 Å². The molecular weight excluding hydrogens is 368 g/mol. The topological polar surface area (TPSA) is 44.7 Å². The van der Waals surface area contributed by atoms with E-state index in [1.54, 1.807) is 13.2 Å². The normalized spacial score (nSPS) is 10.4. The van der Waals surface area contributed by atoms with Gasteiger partial charge in [0.1, 0.15) is 11.5 Å². The number of para-hydroxylation sites is 1. The third kappa shape index (κ3) is 4.61. The number of rotatable bonds is 5. The summed E-state index contributed by atoms with van der Waals surface area (Å²) in [5, 5.41) is 14.2. The van der Waals surface area contributed by atoms with Crippen LogP contribution in [-0.2, 0) is 6.54 Å². The number of hydrogen-bond acceptors (Lipinski definition) is 3. The Kier molecular flexibility index (Phi) is 6.16. The summed E-state index contributed by atoms with van der Waals surface area (Å²) >= 11 is 5.75. The van der Waals surface area contributed by atoms with Crippen LogP contribution in [0.4, 0.5) is 11.4 Å². The second-order valence-corrected chi connectivity index (χ2v) is 7.05. The molecular formula is C23H24N2O2S. The van der Waals surface area contributed by atoms with Crippen molar-refractivity contribution in [2.75, 3.05) is 17.3 Å². The van der Waals surface area contributed by atoms with Crippen LogP contribution < -0.4 is 15.0 Å². The van der Waals surface area contributed by atoms with Crippen molar-refractivity contribution in [3.63, 3.8) is 0 Å². The number of hydrogen-bond donors (Lipinski definition) is 2. The number of thiocarbonyl (C=S) groups is 1. The zero-order valence-corrected chi connectivity index (χ0v) is 17.1. The lowest BCUT2D eigenvalue weighted by atomic mass is 10.1. The Hall–Kier alpha value is -3.05. The summed E-state index contributed by atoms with van der Waals surface area (Å²) in [7, 11) is 1.64. The van der Waals surface area contributed by atoms with Gasteiger partial charge < -0.3 is 20.1 Å². The van der Waals surface area contributed by atoms with Crippen molar-refractivity contribution >= 4 is 28.7 Å². The highest BCUT2D eigenvalue weighted by Crippen LogP contribution is 2.26. The molecule has 2 N–H and O–H groups in total. The van der Waals surface area contributed by atoms with Crippen LogP contribution in [0.2, 0.25) is 0 Å². The Labute approximate surface area is 171 Å². The van der Waals surface area contributed by atoms with Crippen LogP contribution in [0.3, 0.4) is 0 Å². The first-order valence-corrected chi connectivity index (χ1v) is 9.45. The van der Waals surface area contributed by atoms with Crippen molar-refractivity contribution in [1.29, 1.82) is 0 Å². The zero-order chi connectivity index (χ0) is 20.1. The summed E-state index contributed by atoms with van der Waals surface area (Å²) in [4.78, 5) is 1.96. The lowest BCUT2D eigenvalue weighted by Crippen LogP contribution is -2.34. The van der Waals surface area contributed by atoms with Crippen LogP contribution in [0, 0.1) is 13.8 Å². The average molecular weight is 393 g/mol. The second-order valence-electron chi connectivity index (χ2n) is 6.66. The maximum absolute atomic E-state index is 10.2. The fraction of sp³-hybridized carbons (Fsp3) is 0.174. The fourth-order valence-electron chi connectivity index (χ4n) is 2.91. The molecule has 0 aromatic heterocycles. The SMILES string of the molecule is COc1ccc(N(Cc2ccccc2O)C(=S)Nc2cc(C)ccc2C)cc1. The summed E-state index contributed by atoms with van der Waals surface area (Å²) in [5.74, 6) is 1.02. The van der Waals surface area contributed by atoms with Crippen LogP contribution in [-0.4, -0.2) is 17.3 Å². The van der Waals surface area contributed by atoms with Crippen molar-refractivity contribution < 1.29 is 9.84 Å². The minimum Gasteiger partial charge on any atom is -0.508 e. The van der Waals surface area contributed by atoms with Crippen LogP contribution >= 0.6 is 12.2 Å². The molecule has 0 fully saturated rings. The number of methoxy groups -OCH3 is 1. The monoisotopic (exact) mass is 392 g/mol. The molecule has 0 heterocycles. The molecule has 4 nitrogen and oxygen atoms in total. The zero-order valence-electron chi connectivity index (χ0n) is 16.3. The van der Waals surface area contributed by atoms with Gasteiger partial charge >= 0.3 is 0 Å².